The van der Waals surface area contributed by atoms with Gasteiger partial charge < -0.3 is 9.64 Å². The van der Waals surface area contributed by atoms with E-state index in [1.807, 2.05) is 14.0 Å². The summed E-state index contributed by atoms with van der Waals surface area (Å²) in [6.07, 6.45) is 3.86. The Morgan fingerprint density at radius 1 is 1.39 bits per heavy atom. The van der Waals surface area contributed by atoms with Gasteiger partial charge in [-0.05, 0) is 19.8 Å². The van der Waals surface area contributed by atoms with Crippen molar-refractivity contribution in [1.29, 1.82) is 0 Å². The maximum atomic E-state index is 5.38. The van der Waals surface area contributed by atoms with Crippen LogP contribution in [0.2, 0.25) is 0 Å². The molecule has 0 aliphatic carbocycles. The third kappa shape index (κ3) is 1.92. The van der Waals surface area contributed by atoms with Crippen LogP contribution in [-0.2, 0) is 4.74 Å². The third-order valence-electron chi connectivity index (χ3n) is 3.52. The van der Waals surface area contributed by atoms with Gasteiger partial charge in [0.05, 0.1) is 11.9 Å². The van der Waals surface area contributed by atoms with Gasteiger partial charge in [-0.2, -0.15) is 5.10 Å². The summed E-state index contributed by atoms with van der Waals surface area (Å²) in [5.74, 6) is 0.763. The van der Waals surface area contributed by atoms with Crippen LogP contribution >= 0.6 is 0 Å². The molecule has 1 fully saturated rings. The van der Waals surface area contributed by atoms with Crippen LogP contribution in [0.1, 0.15) is 18.5 Å². The highest BCUT2D eigenvalue weighted by Crippen LogP contribution is 2.20. The van der Waals surface area contributed by atoms with E-state index in [0.29, 0.717) is 6.04 Å². The number of hydrogen-bond acceptors (Lipinski definition) is 5. The first-order chi connectivity index (χ1) is 8.75. The minimum Gasteiger partial charge on any atom is -0.381 e. The summed E-state index contributed by atoms with van der Waals surface area (Å²) < 4.78 is 5.38. The van der Waals surface area contributed by atoms with Gasteiger partial charge in [-0.15, -0.1) is 0 Å². The summed E-state index contributed by atoms with van der Waals surface area (Å²) >= 11 is 0. The number of nitrogens with zero attached hydrogens (tertiary/aromatic N) is 4. The first-order valence-corrected chi connectivity index (χ1v) is 6.24. The van der Waals surface area contributed by atoms with E-state index in [2.05, 4.69) is 25.1 Å². The van der Waals surface area contributed by atoms with E-state index >= 15 is 0 Å². The van der Waals surface area contributed by atoms with Crippen LogP contribution in [-0.4, -0.2) is 46.5 Å². The Labute approximate surface area is 105 Å². The molecule has 3 rings (SSSR count). The maximum absolute atomic E-state index is 5.38. The van der Waals surface area contributed by atoms with E-state index in [1.54, 1.807) is 6.20 Å². The van der Waals surface area contributed by atoms with Gasteiger partial charge in [-0.3, -0.25) is 5.10 Å². The average Bonchev–Trinajstić information content (AvgIpc) is 2.80. The smallest absolute Gasteiger partial charge is 0.226 e. The number of aromatic amines is 1. The van der Waals surface area contributed by atoms with Gasteiger partial charge in [-0.25, -0.2) is 9.97 Å². The largest absolute Gasteiger partial charge is 0.381 e. The van der Waals surface area contributed by atoms with Crippen molar-refractivity contribution in [1.82, 2.24) is 20.2 Å². The van der Waals surface area contributed by atoms with Crippen molar-refractivity contribution in [3.63, 3.8) is 0 Å². The molecule has 0 radical (unpaired) electrons. The zero-order chi connectivity index (χ0) is 12.5. The van der Waals surface area contributed by atoms with Crippen LogP contribution in [0.15, 0.2) is 6.20 Å². The van der Waals surface area contributed by atoms with Crippen molar-refractivity contribution in [3.8, 4) is 0 Å². The molecule has 0 saturated carbocycles. The minimum absolute atomic E-state index is 0.461. The molecule has 1 saturated heterocycles. The summed E-state index contributed by atoms with van der Waals surface area (Å²) in [6.45, 7) is 3.59. The third-order valence-corrected chi connectivity index (χ3v) is 3.52. The van der Waals surface area contributed by atoms with Crippen LogP contribution < -0.4 is 4.90 Å². The van der Waals surface area contributed by atoms with Crippen molar-refractivity contribution in [2.75, 3.05) is 25.2 Å². The van der Waals surface area contributed by atoms with Crippen LogP contribution in [0.25, 0.3) is 11.0 Å². The van der Waals surface area contributed by atoms with E-state index in [1.165, 1.54) is 0 Å². The van der Waals surface area contributed by atoms with Crippen molar-refractivity contribution in [2.45, 2.75) is 25.8 Å². The molecule has 0 aromatic carbocycles. The average molecular weight is 247 g/mol. The second kappa shape index (κ2) is 4.53. The Bertz CT molecular complexity index is 546. The second-order valence-electron chi connectivity index (χ2n) is 4.70. The van der Waals surface area contributed by atoms with Gasteiger partial charge in [-0.1, -0.05) is 0 Å². The number of anilines is 1. The fourth-order valence-electron chi connectivity index (χ4n) is 2.33. The molecule has 6 heteroatoms. The van der Waals surface area contributed by atoms with E-state index in [4.69, 9.17) is 4.74 Å². The summed E-state index contributed by atoms with van der Waals surface area (Å²) in [7, 11) is 2.05. The number of H-pyrrole nitrogens is 1. The fraction of sp³-hybridized carbons (Fsp3) is 0.583. The first-order valence-electron chi connectivity index (χ1n) is 6.24. The summed E-state index contributed by atoms with van der Waals surface area (Å²) in [5.41, 5.74) is 2.70. The molecule has 0 atom stereocenters. The highest BCUT2D eigenvalue weighted by molar-refractivity contribution is 5.76. The number of fused-ring (bicyclic) bond motifs is 1. The van der Waals surface area contributed by atoms with E-state index in [0.717, 1.165) is 48.7 Å². The lowest BCUT2D eigenvalue weighted by Gasteiger charge is -2.31. The summed E-state index contributed by atoms with van der Waals surface area (Å²) in [5, 5.41) is 7.06. The van der Waals surface area contributed by atoms with Gasteiger partial charge in [0.25, 0.3) is 0 Å². The van der Waals surface area contributed by atoms with Gasteiger partial charge in [0.15, 0.2) is 0 Å². The summed E-state index contributed by atoms with van der Waals surface area (Å²) in [4.78, 5) is 11.1. The van der Waals surface area contributed by atoms with Crippen LogP contribution in [0, 0.1) is 6.92 Å². The zero-order valence-electron chi connectivity index (χ0n) is 10.7. The quantitative estimate of drug-likeness (QED) is 0.865. The lowest BCUT2D eigenvalue weighted by molar-refractivity contribution is 0.0852. The minimum atomic E-state index is 0.461. The standard InChI is InChI=1S/C12H17N5O/c1-8-11-10(16-15-8)7-13-12(14-11)17(2)9-3-5-18-6-4-9/h7,9H,3-6H2,1-2H3,(H,15,16). The molecule has 0 amide bonds. The molecule has 0 spiro atoms. The number of nitrogens with one attached hydrogen (secondary N) is 1. The number of rotatable bonds is 2. The molecule has 6 nitrogen and oxygen atoms in total. The molecule has 0 unspecified atom stereocenters. The molecular formula is C12H17N5O. The number of hydrogen-bond donors (Lipinski definition) is 1. The topological polar surface area (TPSA) is 66.9 Å². The molecular weight excluding hydrogens is 230 g/mol. The van der Waals surface area contributed by atoms with Crippen molar-refractivity contribution in [3.05, 3.63) is 11.9 Å². The molecule has 2 aromatic heterocycles. The van der Waals surface area contributed by atoms with Crippen molar-refractivity contribution < 1.29 is 4.74 Å². The molecule has 1 aliphatic rings. The molecule has 1 aliphatic heterocycles. The van der Waals surface area contributed by atoms with E-state index < -0.39 is 0 Å². The maximum Gasteiger partial charge on any atom is 0.226 e. The summed E-state index contributed by atoms with van der Waals surface area (Å²) in [6, 6.07) is 0.461. The lowest BCUT2D eigenvalue weighted by atomic mass is 10.1. The van der Waals surface area contributed by atoms with Crippen LogP contribution in [0.5, 0.6) is 0 Å². The zero-order valence-corrected chi connectivity index (χ0v) is 10.7. The number of aromatic nitrogens is 4. The lowest BCUT2D eigenvalue weighted by Crippen LogP contribution is -2.37. The predicted molar refractivity (Wildman–Crippen MR) is 68.7 cm³/mol. The van der Waals surface area contributed by atoms with E-state index in [-0.39, 0.29) is 0 Å². The highest BCUT2D eigenvalue weighted by atomic mass is 16.5. The monoisotopic (exact) mass is 247 g/mol. The molecule has 18 heavy (non-hydrogen) atoms. The van der Waals surface area contributed by atoms with Crippen molar-refractivity contribution >= 4 is 17.0 Å². The predicted octanol–water partition coefficient (Wildman–Crippen LogP) is 1.28. The van der Waals surface area contributed by atoms with E-state index in [9.17, 15) is 0 Å². The van der Waals surface area contributed by atoms with Gasteiger partial charge in [0, 0.05) is 26.3 Å². The van der Waals surface area contributed by atoms with Gasteiger partial charge in [0.1, 0.15) is 11.0 Å². The Hall–Kier alpha value is -1.69. The van der Waals surface area contributed by atoms with Gasteiger partial charge >= 0.3 is 0 Å². The Morgan fingerprint density at radius 3 is 2.94 bits per heavy atom. The Kier molecular flexibility index (Phi) is 2.87. The number of ether oxygens (including phenoxy) is 1. The second-order valence-corrected chi connectivity index (χ2v) is 4.70. The fourth-order valence-corrected chi connectivity index (χ4v) is 2.33. The molecule has 1 N–H and O–H groups in total. The van der Waals surface area contributed by atoms with Crippen LogP contribution in [0.3, 0.4) is 0 Å². The number of aryl methyl sites for hydroxylation is 1. The normalized spacial score (nSPS) is 17.2. The molecule has 2 aromatic rings. The van der Waals surface area contributed by atoms with Crippen LogP contribution in [0.4, 0.5) is 5.95 Å². The Balaban J connectivity index is 1.90. The van der Waals surface area contributed by atoms with Crippen molar-refractivity contribution in [2.24, 2.45) is 0 Å². The van der Waals surface area contributed by atoms with Gasteiger partial charge in [0.2, 0.25) is 5.95 Å². The Morgan fingerprint density at radius 2 is 2.17 bits per heavy atom. The SMILES string of the molecule is Cc1n[nH]c2cnc(N(C)C3CCOCC3)nc12. The molecule has 96 valence electrons. The molecule has 0 bridgehead atoms. The highest BCUT2D eigenvalue weighted by Gasteiger charge is 2.21. The first kappa shape index (κ1) is 11.4. The molecule has 3 heterocycles.